The minimum absolute atomic E-state index is 0.403. The molecule has 0 bridgehead atoms. The van der Waals surface area contributed by atoms with Crippen LogP contribution in [0.2, 0.25) is 0 Å². The molecule has 5 nitrogen and oxygen atoms in total. The zero-order valence-electron chi connectivity index (χ0n) is 13.9. The van der Waals surface area contributed by atoms with Gasteiger partial charge in [0.25, 0.3) is 5.91 Å². The summed E-state index contributed by atoms with van der Waals surface area (Å²) in [5, 5.41) is 10.5. The summed E-state index contributed by atoms with van der Waals surface area (Å²) in [4.78, 5) is 12.1. The van der Waals surface area contributed by atoms with E-state index in [0.717, 1.165) is 17.7 Å². The van der Waals surface area contributed by atoms with E-state index in [0.29, 0.717) is 23.9 Å². The number of ether oxygens (including phenoxy) is 1. The van der Waals surface area contributed by atoms with Crippen LogP contribution >= 0.6 is 0 Å². The molecule has 7 heteroatoms. The van der Waals surface area contributed by atoms with Crippen LogP contribution in [0, 0.1) is 11.6 Å². The molecular weight excluding hydrogens is 340 g/mol. The van der Waals surface area contributed by atoms with E-state index in [-0.39, 0.29) is 0 Å². The summed E-state index contributed by atoms with van der Waals surface area (Å²) in [6, 6.07) is 13.4. The fraction of sp³-hybridized carbons (Fsp3) is 0.105. The number of amides is 1. The third-order valence-corrected chi connectivity index (χ3v) is 3.56. The van der Waals surface area contributed by atoms with E-state index in [4.69, 9.17) is 4.74 Å². The molecule has 1 N–H and O–H groups in total. The zero-order chi connectivity index (χ0) is 18.5. The van der Waals surface area contributed by atoms with Gasteiger partial charge in [0.05, 0.1) is 12.3 Å². The van der Waals surface area contributed by atoms with Gasteiger partial charge in [-0.1, -0.05) is 18.2 Å². The SMILES string of the molecule is CCOc1ccc(-c2ccc(NC(=O)c3c(F)cccc3F)cc2)nn1. The molecule has 1 heterocycles. The van der Waals surface area contributed by atoms with Crippen LogP contribution in [0.25, 0.3) is 11.3 Å². The van der Waals surface area contributed by atoms with E-state index in [1.165, 1.54) is 6.07 Å². The van der Waals surface area contributed by atoms with E-state index in [1.54, 1.807) is 36.4 Å². The van der Waals surface area contributed by atoms with Crippen molar-refractivity contribution in [3.8, 4) is 17.1 Å². The maximum atomic E-state index is 13.7. The Kier molecular flexibility index (Phi) is 5.17. The van der Waals surface area contributed by atoms with E-state index in [1.807, 2.05) is 6.92 Å². The third-order valence-electron chi connectivity index (χ3n) is 3.56. The standard InChI is InChI=1S/C19H15F2N3O2/c1-2-26-17-11-10-16(23-24-17)12-6-8-13(9-7-12)22-19(25)18-14(20)4-3-5-15(18)21/h3-11H,2H2,1H3,(H,22,25). The second-order valence-electron chi connectivity index (χ2n) is 5.32. The number of nitrogens with one attached hydrogen (secondary N) is 1. The van der Waals surface area contributed by atoms with Crippen LogP contribution in [-0.2, 0) is 0 Å². The molecule has 26 heavy (non-hydrogen) atoms. The number of carbonyl (C=O) groups is 1. The summed E-state index contributed by atoms with van der Waals surface area (Å²) in [7, 11) is 0. The van der Waals surface area contributed by atoms with Crippen LogP contribution in [0.3, 0.4) is 0 Å². The van der Waals surface area contributed by atoms with Crippen molar-refractivity contribution in [3.63, 3.8) is 0 Å². The van der Waals surface area contributed by atoms with Crippen LogP contribution in [0.15, 0.2) is 54.6 Å². The Morgan fingerprint density at radius 3 is 2.27 bits per heavy atom. The second-order valence-corrected chi connectivity index (χ2v) is 5.32. The zero-order valence-corrected chi connectivity index (χ0v) is 13.9. The number of rotatable bonds is 5. The minimum Gasteiger partial charge on any atom is -0.477 e. The Balaban J connectivity index is 1.74. The highest BCUT2D eigenvalue weighted by molar-refractivity contribution is 6.04. The van der Waals surface area contributed by atoms with Crippen molar-refractivity contribution in [2.45, 2.75) is 6.92 Å². The number of aromatic nitrogens is 2. The highest BCUT2D eigenvalue weighted by Crippen LogP contribution is 2.21. The fourth-order valence-corrected chi connectivity index (χ4v) is 2.33. The van der Waals surface area contributed by atoms with Gasteiger partial charge < -0.3 is 10.1 Å². The molecule has 0 saturated heterocycles. The Morgan fingerprint density at radius 2 is 1.69 bits per heavy atom. The quantitative estimate of drug-likeness (QED) is 0.749. The topological polar surface area (TPSA) is 64.1 Å². The van der Waals surface area contributed by atoms with Gasteiger partial charge in [0.2, 0.25) is 5.88 Å². The van der Waals surface area contributed by atoms with Gasteiger partial charge in [0.1, 0.15) is 17.2 Å². The van der Waals surface area contributed by atoms with Crippen molar-refractivity contribution in [1.29, 1.82) is 0 Å². The van der Waals surface area contributed by atoms with E-state index in [2.05, 4.69) is 15.5 Å². The predicted molar refractivity (Wildman–Crippen MR) is 92.9 cm³/mol. The largest absolute Gasteiger partial charge is 0.477 e. The monoisotopic (exact) mass is 355 g/mol. The van der Waals surface area contributed by atoms with E-state index in [9.17, 15) is 13.6 Å². The highest BCUT2D eigenvalue weighted by atomic mass is 19.1. The maximum absolute atomic E-state index is 13.7. The van der Waals surface area contributed by atoms with Crippen LogP contribution in [0.1, 0.15) is 17.3 Å². The molecule has 0 atom stereocenters. The summed E-state index contributed by atoms with van der Waals surface area (Å²) in [6.07, 6.45) is 0. The van der Waals surface area contributed by atoms with Crippen LogP contribution in [0.5, 0.6) is 5.88 Å². The van der Waals surface area contributed by atoms with Crippen molar-refractivity contribution in [1.82, 2.24) is 10.2 Å². The average molecular weight is 355 g/mol. The number of halogens is 2. The van der Waals surface area contributed by atoms with Crippen LogP contribution < -0.4 is 10.1 Å². The number of hydrogen-bond donors (Lipinski definition) is 1. The van der Waals surface area contributed by atoms with Gasteiger partial charge in [-0.3, -0.25) is 4.79 Å². The molecule has 0 fully saturated rings. The lowest BCUT2D eigenvalue weighted by Crippen LogP contribution is -2.15. The Labute approximate surface area is 148 Å². The van der Waals surface area contributed by atoms with Gasteiger partial charge in [-0.2, -0.15) is 0 Å². The number of benzene rings is 2. The Morgan fingerprint density at radius 1 is 1.00 bits per heavy atom. The van der Waals surface area contributed by atoms with Gasteiger partial charge >= 0.3 is 0 Å². The molecule has 0 aliphatic heterocycles. The molecule has 0 aliphatic rings. The Hall–Kier alpha value is -3.35. The predicted octanol–water partition coefficient (Wildman–Crippen LogP) is 4.07. The summed E-state index contributed by atoms with van der Waals surface area (Å²) in [6.45, 7) is 2.36. The number of anilines is 1. The molecule has 132 valence electrons. The first kappa shape index (κ1) is 17.5. The molecule has 2 aromatic carbocycles. The van der Waals surface area contributed by atoms with Crippen molar-refractivity contribution < 1.29 is 18.3 Å². The van der Waals surface area contributed by atoms with Crippen molar-refractivity contribution in [2.24, 2.45) is 0 Å². The summed E-state index contributed by atoms with van der Waals surface area (Å²) >= 11 is 0. The number of carbonyl (C=O) groups excluding carboxylic acids is 1. The normalized spacial score (nSPS) is 10.4. The first-order valence-corrected chi connectivity index (χ1v) is 7.91. The lowest BCUT2D eigenvalue weighted by Gasteiger charge is -2.08. The molecule has 1 amide bonds. The average Bonchev–Trinajstić information content (AvgIpc) is 2.63. The molecule has 0 spiro atoms. The van der Waals surface area contributed by atoms with Crippen molar-refractivity contribution >= 4 is 11.6 Å². The first-order chi connectivity index (χ1) is 12.6. The third kappa shape index (κ3) is 3.83. The van der Waals surface area contributed by atoms with Gasteiger partial charge in [-0.05, 0) is 37.3 Å². The fourth-order valence-electron chi connectivity index (χ4n) is 2.33. The lowest BCUT2D eigenvalue weighted by molar-refractivity contribution is 0.101. The van der Waals surface area contributed by atoms with Gasteiger partial charge in [-0.25, -0.2) is 8.78 Å². The molecular formula is C19H15F2N3O2. The van der Waals surface area contributed by atoms with Crippen LogP contribution in [0.4, 0.5) is 14.5 Å². The summed E-state index contributed by atoms with van der Waals surface area (Å²) < 4.78 is 32.5. The minimum atomic E-state index is -0.913. The second kappa shape index (κ2) is 7.69. The molecule has 0 saturated carbocycles. The first-order valence-electron chi connectivity index (χ1n) is 7.91. The van der Waals surface area contributed by atoms with Gasteiger partial charge in [0, 0.05) is 17.3 Å². The number of nitrogens with zero attached hydrogens (tertiary/aromatic N) is 2. The van der Waals surface area contributed by atoms with Gasteiger partial charge in [-0.15, -0.1) is 10.2 Å². The van der Waals surface area contributed by atoms with Crippen molar-refractivity contribution in [2.75, 3.05) is 11.9 Å². The van der Waals surface area contributed by atoms with E-state index < -0.39 is 23.1 Å². The number of hydrogen-bond acceptors (Lipinski definition) is 4. The van der Waals surface area contributed by atoms with E-state index >= 15 is 0 Å². The van der Waals surface area contributed by atoms with Crippen LogP contribution in [-0.4, -0.2) is 22.7 Å². The molecule has 3 aromatic rings. The van der Waals surface area contributed by atoms with Crippen molar-refractivity contribution in [3.05, 3.63) is 71.8 Å². The summed E-state index contributed by atoms with van der Waals surface area (Å²) in [5.41, 5.74) is 1.19. The molecule has 3 rings (SSSR count). The molecule has 1 aromatic heterocycles. The van der Waals surface area contributed by atoms with Gasteiger partial charge in [0.15, 0.2) is 0 Å². The Bertz CT molecular complexity index is 893. The molecule has 0 aliphatic carbocycles. The maximum Gasteiger partial charge on any atom is 0.261 e. The lowest BCUT2D eigenvalue weighted by atomic mass is 10.1. The highest BCUT2D eigenvalue weighted by Gasteiger charge is 2.17. The molecule has 0 radical (unpaired) electrons. The smallest absolute Gasteiger partial charge is 0.261 e. The summed E-state index contributed by atoms with van der Waals surface area (Å²) in [5.74, 6) is -2.24. The molecule has 0 unspecified atom stereocenters.